The van der Waals surface area contributed by atoms with Crippen molar-refractivity contribution in [3.05, 3.63) is 42.6 Å². The number of H-pyrrole nitrogens is 1. The smallest absolute Gasteiger partial charge is 0.153 e. The maximum atomic E-state index is 4.69. The van der Waals surface area contributed by atoms with Gasteiger partial charge in [0.05, 0.1) is 17.3 Å². The standard InChI is InChI=1S/C17H18N8/c1-12-10-25-14(21-12)2-3-15(22-25)23-6-8-24(9-7-23)17-13-4-5-18-16(13)19-11-20-17/h2-5,10-11H,6-9H2,1H3,(H,18,19,20). The van der Waals surface area contributed by atoms with Gasteiger partial charge in [0.15, 0.2) is 5.65 Å². The summed E-state index contributed by atoms with van der Waals surface area (Å²) in [6.45, 7) is 5.60. The molecule has 0 aliphatic carbocycles. The molecule has 5 rings (SSSR count). The lowest BCUT2D eigenvalue weighted by Crippen LogP contribution is -2.47. The quantitative estimate of drug-likeness (QED) is 0.600. The molecular weight excluding hydrogens is 316 g/mol. The second-order valence-corrected chi connectivity index (χ2v) is 6.29. The van der Waals surface area contributed by atoms with Gasteiger partial charge in [0.2, 0.25) is 0 Å². The Morgan fingerprint density at radius 1 is 1.00 bits per heavy atom. The molecule has 0 radical (unpaired) electrons. The summed E-state index contributed by atoms with van der Waals surface area (Å²) in [5, 5.41) is 5.76. The van der Waals surface area contributed by atoms with Crippen LogP contribution in [-0.4, -0.2) is 55.7 Å². The lowest BCUT2D eigenvalue weighted by atomic mass is 10.2. The Kier molecular flexibility index (Phi) is 3.09. The fourth-order valence-corrected chi connectivity index (χ4v) is 3.42. The Morgan fingerprint density at radius 2 is 1.84 bits per heavy atom. The zero-order valence-electron chi connectivity index (χ0n) is 13.9. The summed E-state index contributed by atoms with van der Waals surface area (Å²) in [5.74, 6) is 1.98. The number of aromatic amines is 1. The van der Waals surface area contributed by atoms with E-state index in [2.05, 4.69) is 29.7 Å². The molecule has 0 bridgehead atoms. The fraction of sp³-hybridized carbons (Fsp3) is 0.294. The second-order valence-electron chi connectivity index (χ2n) is 6.29. The Balaban J connectivity index is 1.37. The van der Waals surface area contributed by atoms with E-state index in [-0.39, 0.29) is 0 Å². The van der Waals surface area contributed by atoms with E-state index in [9.17, 15) is 0 Å². The Hall–Kier alpha value is -3.16. The average Bonchev–Trinajstić information content (AvgIpc) is 3.26. The number of imidazole rings is 1. The van der Waals surface area contributed by atoms with Crippen LogP contribution < -0.4 is 9.80 Å². The van der Waals surface area contributed by atoms with Crippen molar-refractivity contribution in [2.75, 3.05) is 36.0 Å². The summed E-state index contributed by atoms with van der Waals surface area (Å²) < 4.78 is 1.85. The molecule has 8 heteroatoms. The number of anilines is 2. The molecule has 5 heterocycles. The number of aryl methyl sites for hydroxylation is 1. The molecule has 0 unspecified atom stereocenters. The number of piperazine rings is 1. The van der Waals surface area contributed by atoms with Crippen molar-refractivity contribution in [1.82, 2.24) is 29.5 Å². The molecule has 0 amide bonds. The number of rotatable bonds is 2. The fourth-order valence-electron chi connectivity index (χ4n) is 3.42. The minimum Gasteiger partial charge on any atom is -0.352 e. The number of hydrogen-bond donors (Lipinski definition) is 1. The number of nitrogens with zero attached hydrogens (tertiary/aromatic N) is 7. The van der Waals surface area contributed by atoms with Crippen LogP contribution >= 0.6 is 0 Å². The lowest BCUT2D eigenvalue weighted by molar-refractivity contribution is 0.637. The van der Waals surface area contributed by atoms with Gasteiger partial charge in [0.1, 0.15) is 23.6 Å². The minimum atomic E-state index is 0.884. The highest BCUT2D eigenvalue weighted by Crippen LogP contribution is 2.24. The topological polar surface area (TPSA) is 78.2 Å². The van der Waals surface area contributed by atoms with Crippen LogP contribution in [0.25, 0.3) is 16.7 Å². The van der Waals surface area contributed by atoms with Crippen molar-refractivity contribution in [3.8, 4) is 0 Å². The lowest BCUT2D eigenvalue weighted by Gasteiger charge is -2.36. The molecule has 1 fully saturated rings. The monoisotopic (exact) mass is 334 g/mol. The van der Waals surface area contributed by atoms with Gasteiger partial charge in [-0.2, -0.15) is 0 Å². The molecule has 1 saturated heterocycles. The first-order chi connectivity index (χ1) is 12.3. The van der Waals surface area contributed by atoms with Crippen molar-refractivity contribution >= 4 is 28.3 Å². The zero-order valence-corrected chi connectivity index (χ0v) is 13.9. The van der Waals surface area contributed by atoms with E-state index >= 15 is 0 Å². The minimum absolute atomic E-state index is 0.884. The van der Waals surface area contributed by atoms with Crippen LogP contribution in [0.3, 0.4) is 0 Å². The first-order valence-electron chi connectivity index (χ1n) is 8.39. The molecule has 8 nitrogen and oxygen atoms in total. The second kappa shape index (κ2) is 5.44. The molecule has 0 spiro atoms. The number of aromatic nitrogens is 6. The maximum absolute atomic E-state index is 4.69. The molecule has 1 aliphatic heterocycles. The predicted octanol–water partition coefficient (Wildman–Crippen LogP) is 1.64. The first kappa shape index (κ1) is 14.2. The first-order valence-corrected chi connectivity index (χ1v) is 8.39. The van der Waals surface area contributed by atoms with Crippen LogP contribution in [0.1, 0.15) is 5.69 Å². The van der Waals surface area contributed by atoms with Crippen molar-refractivity contribution < 1.29 is 0 Å². The summed E-state index contributed by atoms with van der Waals surface area (Å²) in [6.07, 6.45) is 5.49. The van der Waals surface area contributed by atoms with Gasteiger partial charge in [-0.1, -0.05) is 0 Å². The molecule has 0 aromatic carbocycles. The highest BCUT2D eigenvalue weighted by atomic mass is 15.4. The Morgan fingerprint density at radius 3 is 2.72 bits per heavy atom. The van der Waals surface area contributed by atoms with Crippen LogP contribution in [0.5, 0.6) is 0 Å². The molecule has 4 aromatic heterocycles. The third-order valence-corrected chi connectivity index (χ3v) is 4.66. The normalized spacial score (nSPS) is 15.4. The molecule has 4 aromatic rings. The van der Waals surface area contributed by atoms with E-state index in [0.29, 0.717) is 0 Å². The van der Waals surface area contributed by atoms with Crippen molar-refractivity contribution in [2.45, 2.75) is 6.92 Å². The Bertz CT molecular complexity index is 1040. The molecule has 25 heavy (non-hydrogen) atoms. The van der Waals surface area contributed by atoms with Crippen LogP contribution in [0.2, 0.25) is 0 Å². The zero-order chi connectivity index (χ0) is 16.8. The summed E-state index contributed by atoms with van der Waals surface area (Å²) in [5.41, 5.74) is 2.75. The average molecular weight is 334 g/mol. The van der Waals surface area contributed by atoms with E-state index in [4.69, 9.17) is 5.10 Å². The van der Waals surface area contributed by atoms with Crippen LogP contribution in [-0.2, 0) is 0 Å². The highest BCUT2D eigenvalue weighted by Gasteiger charge is 2.21. The molecular formula is C17H18N8. The molecule has 1 aliphatic rings. The van der Waals surface area contributed by atoms with E-state index < -0.39 is 0 Å². The predicted molar refractivity (Wildman–Crippen MR) is 96.0 cm³/mol. The van der Waals surface area contributed by atoms with Gasteiger partial charge in [-0.15, -0.1) is 5.10 Å². The van der Waals surface area contributed by atoms with E-state index in [1.807, 2.05) is 42.0 Å². The van der Waals surface area contributed by atoms with Crippen molar-refractivity contribution in [2.24, 2.45) is 0 Å². The summed E-state index contributed by atoms with van der Waals surface area (Å²) >= 11 is 0. The van der Waals surface area contributed by atoms with Crippen LogP contribution in [0.15, 0.2) is 36.9 Å². The third-order valence-electron chi connectivity index (χ3n) is 4.66. The van der Waals surface area contributed by atoms with E-state index in [1.54, 1.807) is 6.33 Å². The van der Waals surface area contributed by atoms with Crippen molar-refractivity contribution in [1.29, 1.82) is 0 Å². The summed E-state index contributed by atoms with van der Waals surface area (Å²) in [6, 6.07) is 6.11. The van der Waals surface area contributed by atoms with Gasteiger partial charge in [-0.05, 0) is 25.1 Å². The van der Waals surface area contributed by atoms with Gasteiger partial charge >= 0.3 is 0 Å². The molecule has 126 valence electrons. The number of nitrogens with one attached hydrogen (secondary N) is 1. The molecule has 0 saturated carbocycles. The van der Waals surface area contributed by atoms with Crippen molar-refractivity contribution in [3.63, 3.8) is 0 Å². The highest BCUT2D eigenvalue weighted by molar-refractivity contribution is 5.87. The van der Waals surface area contributed by atoms with Crippen LogP contribution in [0, 0.1) is 6.92 Å². The van der Waals surface area contributed by atoms with Gasteiger partial charge < -0.3 is 14.8 Å². The van der Waals surface area contributed by atoms with Crippen LogP contribution in [0.4, 0.5) is 11.6 Å². The van der Waals surface area contributed by atoms with Gasteiger partial charge in [0.25, 0.3) is 0 Å². The summed E-state index contributed by atoms with van der Waals surface area (Å²) in [7, 11) is 0. The van der Waals surface area contributed by atoms with Gasteiger partial charge in [-0.3, -0.25) is 0 Å². The van der Waals surface area contributed by atoms with E-state index in [1.165, 1.54) is 0 Å². The number of hydrogen-bond acceptors (Lipinski definition) is 6. The maximum Gasteiger partial charge on any atom is 0.153 e. The van der Waals surface area contributed by atoms with E-state index in [0.717, 1.165) is 60.2 Å². The SMILES string of the molecule is Cc1cn2nc(N3CCN(c4ncnc5[nH]ccc45)CC3)ccc2n1. The molecule has 0 atom stereocenters. The molecule has 1 N–H and O–H groups in total. The van der Waals surface area contributed by atoms with Gasteiger partial charge in [0, 0.05) is 32.4 Å². The third kappa shape index (κ3) is 2.37. The summed E-state index contributed by atoms with van der Waals surface area (Å²) in [4.78, 5) is 21.0. The number of fused-ring (bicyclic) bond motifs is 2. The van der Waals surface area contributed by atoms with Gasteiger partial charge in [-0.25, -0.2) is 19.5 Å². The Labute approximate surface area is 144 Å². The largest absolute Gasteiger partial charge is 0.352 e.